The van der Waals surface area contributed by atoms with E-state index in [0.29, 0.717) is 0 Å². The predicted octanol–water partition coefficient (Wildman–Crippen LogP) is 4.28. The van der Waals surface area contributed by atoms with Crippen LogP contribution < -0.4 is 10.1 Å². The zero-order valence-electron chi connectivity index (χ0n) is 11.3. The molecular formula is C15H19BrN2O. The molecule has 1 aromatic carbocycles. The number of hydrogen-bond donors (Lipinski definition) is 1. The van der Waals surface area contributed by atoms with Crippen LogP contribution in [-0.4, -0.2) is 11.7 Å². The van der Waals surface area contributed by atoms with Crippen molar-refractivity contribution in [3.8, 4) is 5.75 Å². The van der Waals surface area contributed by atoms with Crippen LogP contribution in [0, 0.1) is 0 Å². The maximum atomic E-state index is 5.28. The van der Waals surface area contributed by atoms with Gasteiger partial charge in [0.1, 0.15) is 5.75 Å². The summed E-state index contributed by atoms with van der Waals surface area (Å²) >= 11 is 3.45. The third kappa shape index (κ3) is 3.77. The van der Waals surface area contributed by atoms with Crippen molar-refractivity contribution in [2.75, 3.05) is 12.4 Å². The summed E-state index contributed by atoms with van der Waals surface area (Å²) in [5.74, 6) is 0.841. The van der Waals surface area contributed by atoms with E-state index in [0.717, 1.165) is 35.4 Å². The van der Waals surface area contributed by atoms with E-state index in [1.54, 1.807) is 7.11 Å². The quantitative estimate of drug-likeness (QED) is 0.859. The number of methoxy groups -OCH3 is 1. The van der Waals surface area contributed by atoms with Gasteiger partial charge in [0.05, 0.1) is 11.6 Å². The summed E-state index contributed by atoms with van der Waals surface area (Å²) in [7, 11) is 1.68. The number of aryl methyl sites for hydroxylation is 1. The van der Waals surface area contributed by atoms with Gasteiger partial charge in [-0.15, -0.1) is 0 Å². The first-order chi connectivity index (χ1) is 9.22. The van der Waals surface area contributed by atoms with Crippen LogP contribution in [0.2, 0.25) is 0 Å². The van der Waals surface area contributed by atoms with Crippen LogP contribution in [0.5, 0.6) is 5.75 Å². The molecule has 0 saturated carbocycles. The summed E-state index contributed by atoms with van der Waals surface area (Å²) in [6, 6.07) is 8.17. The van der Waals surface area contributed by atoms with Gasteiger partial charge in [-0.2, -0.15) is 0 Å². The van der Waals surface area contributed by atoms with Crippen molar-refractivity contribution < 1.29 is 4.74 Å². The fourth-order valence-electron chi connectivity index (χ4n) is 1.97. The summed E-state index contributed by atoms with van der Waals surface area (Å²) in [5, 5.41) is 3.40. The van der Waals surface area contributed by atoms with Crippen molar-refractivity contribution in [2.24, 2.45) is 0 Å². The van der Waals surface area contributed by atoms with Crippen molar-refractivity contribution in [1.82, 2.24) is 4.57 Å². The lowest BCUT2D eigenvalue weighted by molar-refractivity contribution is 0.412. The van der Waals surface area contributed by atoms with Crippen LogP contribution in [0.4, 0.5) is 5.69 Å². The van der Waals surface area contributed by atoms with Crippen LogP contribution in [0.1, 0.15) is 18.9 Å². The molecule has 102 valence electrons. The Balaban J connectivity index is 1.97. The topological polar surface area (TPSA) is 26.2 Å². The van der Waals surface area contributed by atoms with Crippen molar-refractivity contribution in [3.05, 3.63) is 46.7 Å². The maximum absolute atomic E-state index is 5.28. The lowest BCUT2D eigenvalue weighted by Crippen LogP contribution is -1.99. The van der Waals surface area contributed by atoms with Crippen LogP contribution in [0.25, 0.3) is 0 Å². The molecule has 0 spiro atoms. The molecule has 2 aromatic rings. The molecule has 0 fully saturated rings. The van der Waals surface area contributed by atoms with Crippen molar-refractivity contribution >= 4 is 21.6 Å². The first-order valence-corrected chi connectivity index (χ1v) is 7.24. The summed E-state index contributed by atoms with van der Waals surface area (Å²) in [6.07, 6.45) is 5.47. The number of rotatable bonds is 6. The highest BCUT2D eigenvalue weighted by Crippen LogP contribution is 2.28. The number of benzene rings is 1. The summed E-state index contributed by atoms with van der Waals surface area (Å²) in [4.78, 5) is 0. The molecule has 0 aliphatic rings. The molecule has 0 bridgehead atoms. The average Bonchev–Trinajstić information content (AvgIpc) is 2.86. The molecule has 3 nitrogen and oxygen atoms in total. The smallest absolute Gasteiger partial charge is 0.135 e. The van der Waals surface area contributed by atoms with E-state index >= 15 is 0 Å². The molecule has 0 aliphatic heterocycles. The predicted molar refractivity (Wildman–Crippen MR) is 82.7 cm³/mol. The molecule has 1 N–H and O–H groups in total. The molecule has 4 heteroatoms. The second-order valence-electron chi connectivity index (χ2n) is 4.46. The highest BCUT2D eigenvalue weighted by atomic mass is 79.9. The molecule has 2 rings (SSSR count). The Bertz CT molecular complexity index is 537. The first kappa shape index (κ1) is 14.0. The lowest BCUT2D eigenvalue weighted by Gasteiger charge is -2.08. The van der Waals surface area contributed by atoms with Gasteiger partial charge in [-0.05, 0) is 46.1 Å². The normalized spacial score (nSPS) is 10.5. The first-order valence-electron chi connectivity index (χ1n) is 6.45. The minimum atomic E-state index is 0.821. The zero-order valence-corrected chi connectivity index (χ0v) is 12.9. The number of nitrogens with one attached hydrogen (secondary N) is 1. The van der Waals surface area contributed by atoms with Gasteiger partial charge in [0.2, 0.25) is 0 Å². The van der Waals surface area contributed by atoms with Gasteiger partial charge in [0, 0.05) is 37.2 Å². The summed E-state index contributed by atoms with van der Waals surface area (Å²) < 4.78 is 8.47. The van der Waals surface area contributed by atoms with Gasteiger partial charge >= 0.3 is 0 Å². The van der Waals surface area contributed by atoms with Gasteiger partial charge in [-0.1, -0.05) is 6.92 Å². The van der Waals surface area contributed by atoms with E-state index in [4.69, 9.17) is 4.74 Å². The van der Waals surface area contributed by atoms with E-state index < -0.39 is 0 Å². The Labute approximate surface area is 122 Å². The van der Waals surface area contributed by atoms with Crippen LogP contribution in [0.3, 0.4) is 0 Å². The number of anilines is 1. The van der Waals surface area contributed by atoms with Crippen LogP contribution in [-0.2, 0) is 13.1 Å². The van der Waals surface area contributed by atoms with Crippen molar-refractivity contribution in [3.63, 3.8) is 0 Å². The molecule has 0 saturated heterocycles. The van der Waals surface area contributed by atoms with Gasteiger partial charge in [0.25, 0.3) is 0 Å². The minimum Gasteiger partial charge on any atom is -0.495 e. The fraction of sp³-hybridized carbons (Fsp3) is 0.333. The monoisotopic (exact) mass is 322 g/mol. The minimum absolute atomic E-state index is 0.821. The van der Waals surface area contributed by atoms with E-state index in [9.17, 15) is 0 Å². The van der Waals surface area contributed by atoms with Crippen LogP contribution >= 0.6 is 15.9 Å². The number of aromatic nitrogens is 1. The molecule has 0 radical (unpaired) electrons. The summed E-state index contributed by atoms with van der Waals surface area (Å²) in [5.41, 5.74) is 2.35. The molecular weight excluding hydrogens is 304 g/mol. The molecule has 19 heavy (non-hydrogen) atoms. The molecule has 0 unspecified atom stereocenters. The third-order valence-electron chi connectivity index (χ3n) is 2.94. The Morgan fingerprint density at radius 2 is 2.16 bits per heavy atom. The fourth-order valence-corrected chi connectivity index (χ4v) is 2.37. The molecule has 1 aromatic heterocycles. The Morgan fingerprint density at radius 3 is 2.89 bits per heavy atom. The second-order valence-corrected chi connectivity index (χ2v) is 5.31. The van der Waals surface area contributed by atoms with Crippen LogP contribution in [0.15, 0.2) is 41.1 Å². The Hall–Kier alpha value is -1.42. The summed E-state index contributed by atoms with van der Waals surface area (Å²) in [6.45, 7) is 4.08. The Kier molecular flexibility index (Phi) is 4.91. The van der Waals surface area contributed by atoms with Crippen molar-refractivity contribution in [2.45, 2.75) is 26.4 Å². The maximum Gasteiger partial charge on any atom is 0.135 e. The van der Waals surface area contributed by atoms with E-state index in [-0.39, 0.29) is 0 Å². The highest BCUT2D eigenvalue weighted by molar-refractivity contribution is 9.10. The van der Waals surface area contributed by atoms with Crippen molar-refractivity contribution in [1.29, 1.82) is 0 Å². The largest absolute Gasteiger partial charge is 0.495 e. The van der Waals surface area contributed by atoms with Gasteiger partial charge in [-0.25, -0.2) is 0 Å². The van der Waals surface area contributed by atoms with Gasteiger partial charge in [0.15, 0.2) is 0 Å². The number of hydrogen-bond acceptors (Lipinski definition) is 2. The molecule has 1 heterocycles. The zero-order chi connectivity index (χ0) is 13.7. The standard InChI is InChI=1S/C15H19BrN2O/c1-3-7-18-8-6-12(11-18)10-17-13-4-5-14(16)15(9-13)19-2/h4-6,8-9,11,17H,3,7,10H2,1-2H3. The lowest BCUT2D eigenvalue weighted by atomic mass is 10.2. The highest BCUT2D eigenvalue weighted by Gasteiger charge is 2.02. The Morgan fingerprint density at radius 1 is 1.32 bits per heavy atom. The number of halogens is 1. The molecule has 0 amide bonds. The van der Waals surface area contributed by atoms with E-state index in [1.165, 1.54) is 5.56 Å². The van der Waals surface area contributed by atoms with E-state index in [1.807, 2.05) is 18.2 Å². The van der Waals surface area contributed by atoms with E-state index in [2.05, 4.69) is 51.2 Å². The number of ether oxygens (including phenoxy) is 1. The van der Waals surface area contributed by atoms with Gasteiger partial charge < -0.3 is 14.6 Å². The number of nitrogens with zero attached hydrogens (tertiary/aromatic N) is 1. The second kappa shape index (κ2) is 6.66. The molecule has 0 aliphatic carbocycles. The van der Waals surface area contributed by atoms with Gasteiger partial charge in [-0.3, -0.25) is 0 Å². The molecule has 0 atom stereocenters. The third-order valence-corrected chi connectivity index (χ3v) is 3.60. The SMILES string of the molecule is CCCn1ccc(CNc2ccc(Br)c(OC)c2)c1. The average molecular weight is 323 g/mol.